The third kappa shape index (κ3) is 4.23. The van der Waals surface area contributed by atoms with Gasteiger partial charge in [-0.25, -0.2) is 0 Å². The van der Waals surface area contributed by atoms with Crippen LogP contribution in [-0.2, 0) is 0 Å². The highest BCUT2D eigenvalue weighted by molar-refractivity contribution is 7.07. The SMILES string of the molecule is Cc1nnsc1C(=O)N1CCN(CCOc2ccc(Cl)cc2)CC1. The molecule has 0 atom stereocenters. The van der Waals surface area contributed by atoms with Crippen molar-refractivity contribution in [3.63, 3.8) is 0 Å². The van der Waals surface area contributed by atoms with Crippen LogP contribution < -0.4 is 4.74 Å². The number of piperazine rings is 1. The molecule has 1 aromatic carbocycles. The van der Waals surface area contributed by atoms with E-state index in [1.807, 2.05) is 36.1 Å². The van der Waals surface area contributed by atoms with Crippen LogP contribution >= 0.6 is 23.1 Å². The fourth-order valence-corrected chi connectivity index (χ4v) is 3.32. The number of hydrogen-bond acceptors (Lipinski definition) is 6. The van der Waals surface area contributed by atoms with Crippen LogP contribution in [0.5, 0.6) is 5.75 Å². The first kappa shape index (κ1) is 17.1. The molecule has 1 aromatic heterocycles. The van der Waals surface area contributed by atoms with Crippen molar-refractivity contribution < 1.29 is 9.53 Å². The lowest BCUT2D eigenvalue weighted by atomic mass is 10.2. The number of carbonyl (C=O) groups is 1. The highest BCUT2D eigenvalue weighted by atomic mass is 35.5. The molecule has 2 heterocycles. The summed E-state index contributed by atoms with van der Waals surface area (Å²) in [6, 6.07) is 7.36. The van der Waals surface area contributed by atoms with Crippen LogP contribution in [0.15, 0.2) is 24.3 Å². The van der Waals surface area contributed by atoms with Gasteiger partial charge in [-0.3, -0.25) is 9.69 Å². The quantitative estimate of drug-likeness (QED) is 0.812. The van der Waals surface area contributed by atoms with Crippen LogP contribution in [0.3, 0.4) is 0 Å². The van der Waals surface area contributed by atoms with Crippen LogP contribution in [0.4, 0.5) is 0 Å². The second-order valence-corrected chi connectivity index (χ2v) is 6.81. The first-order valence-electron chi connectivity index (χ1n) is 7.82. The molecule has 0 unspecified atom stereocenters. The van der Waals surface area contributed by atoms with E-state index in [0.717, 1.165) is 38.5 Å². The minimum Gasteiger partial charge on any atom is -0.492 e. The highest BCUT2D eigenvalue weighted by Crippen LogP contribution is 2.16. The van der Waals surface area contributed by atoms with Gasteiger partial charge in [0.2, 0.25) is 0 Å². The highest BCUT2D eigenvalue weighted by Gasteiger charge is 2.24. The van der Waals surface area contributed by atoms with Gasteiger partial charge in [-0.05, 0) is 42.7 Å². The Balaban J connectivity index is 1.41. The van der Waals surface area contributed by atoms with E-state index in [4.69, 9.17) is 16.3 Å². The van der Waals surface area contributed by atoms with Gasteiger partial charge in [0.15, 0.2) is 0 Å². The van der Waals surface area contributed by atoms with Crippen LogP contribution in [0.2, 0.25) is 5.02 Å². The van der Waals surface area contributed by atoms with E-state index in [1.165, 1.54) is 11.5 Å². The Hall–Kier alpha value is -1.70. The summed E-state index contributed by atoms with van der Waals surface area (Å²) in [5.41, 5.74) is 0.712. The Morgan fingerprint density at radius 1 is 1.25 bits per heavy atom. The Kier molecular flexibility index (Phi) is 5.65. The molecular formula is C16H19ClN4O2S. The van der Waals surface area contributed by atoms with Crippen molar-refractivity contribution in [2.75, 3.05) is 39.3 Å². The molecule has 1 fully saturated rings. The van der Waals surface area contributed by atoms with Crippen molar-refractivity contribution in [2.45, 2.75) is 6.92 Å². The maximum absolute atomic E-state index is 12.4. The fraction of sp³-hybridized carbons (Fsp3) is 0.438. The average molecular weight is 367 g/mol. The van der Waals surface area contributed by atoms with E-state index < -0.39 is 0 Å². The van der Waals surface area contributed by atoms with Crippen LogP contribution in [-0.4, -0.2) is 64.6 Å². The standard InChI is InChI=1S/C16H19ClN4O2S/c1-12-15(24-19-18-12)16(22)21-8-6-20(7-9-21)10-11-23-14-4-2-13(17)3-5-14/h2-5H,6-11H2,1H3. The first-order chi connectivity index (χ1) is 11.6. The maximum atomic E-state index is 12.4. The topological polar surface area (TPSA) is 58.6 Å². The molecule has 6 nitrogen and oxygen atoms in total. The second-order valence-electron chi connectivity index (χ2n) is 5.62. The minimum atomic E-state index is 0.0413. The van der Waals surface area contributed by atoms with Gasteiger partial charge >= 0.3 is 0 Å². The number of ether oxygens (including phenoxy) is 1. The Morgan fingerprint density at radius 2 is 1.96 bits per heavy atom. The normalized spacial score (nSPS) is 15.5. The molecule has 1 saturated heterocycles. The molecule has 3 rings (SSSR count). The zero-order chi connectivity index (χ0) is 16.9. The summed E-state index contributed by atoms with van der Waals surface area (Å²) in [6.45, 7) is 6.41. The minimum absolute atomic E-state index is 0.0413. The summed E-state index contributed by atoms with van der Waals surface area (Å²) in [7, 11) is 0. The Labute approximate surface area is 150 Å². The van der Waals surface area contributed by atoms with Crippen molar-refractivity contribution in [1.82, 2.24) is 19.4 Å². The van der Waals surface area contributed by atoms with Gasteiger partial charge in [-0.2, -0.15) is 0 Å². The molecule has 0 saturated carbocycles. The number of rotatable bonds is 5. The third-order valence-corrected chi connectivity index (χ3v) is 5.06. The van der Waals surface area contributed by atoms with Gasteiger partial charge in [0.25, 0.3) is 5.91 Å². The summed E-state index contributed by atoms with van der Waals surface area (Å²) in [6.07, 6.45) is 0. The summed E-state index contributed by atoms with van der Waals surface area (Å²) >= 11 is 7.02. The number of hydrogen-bond donors (Lipinski definition) is 0. The van der Waals surface area contributed by atoms with Crippen molar-refractivity contribution >= 4 is 29.0 Å². The largest absolute Gasteiger partial charge is 0.492 e. The molecule has 2 aromatic rings. The Morgan fingerprint density at radius 3 is 2.58 bits per heavy atom. The van der Waals surface area contributed by atoms with Gasteiger partial charge in [0.1, 0.15) is 17.2 Å². The second kappa shape index (κ2) is 7.92. The molecule has 1 aliphatic rings. The zero-order valence-electron chi connectivity index (χ0n) is 13.4. The molecule has 0 radical (unpaired) electrons. The van der Waals surface area contributed by atoms with Crippen LogP contribution in [0.1, 0.15) is 15.4 Å². The molecule has 0 spiro atoms. The van der Waals surface area contributed by atoms with E-state index >= 15 is 0 Å². The lowest BCUT2D eigenvalue weighted by Gasteiger charge is -2.34. The van der Waals surface area contributed by atoms with E-state index in [0.29, 0.717) is 22.2 Å². The predicted octanol–water partition coefficient (Wildman–Crippen LogP) is 2.34. The van der Waals surface area contributed by atoms with Gasteiger partial charge in [-0.1, -0.05) is 16.1 Å². The summed E-state index contributed by atoms with van der Waals surface area (Å²) in [5.74, 6) is 0.862. The van der Waals surface area contributed by atoms with E-state index in [1.54, 1.807) is 0 Å². The molecule has 1 amide bonds. The number of benzene rings is 1. The zero-order valence-corrected chi connectivity index (χ0v) is 15.0. The van der Waals surface area contributed by atoms with Crippen molar-refractivity contribution in [3.05, 3.63) is 39.9 Å². The molecule has 8 heteroatoms. The maximum Gasteiger partial charge on any atom is 0.267 e. The summed E-state index contributed by atoms with van der Waals surface area (Å²) < 4.78 is 9.55. The summed E-state index contributed by atoms with van der Waals surface area (Å²) in [4.78, 5) is 17.2. The molecular weight excluding hydrogens is 348 g/mol. The lowest BCUT2D eigenvalue weighted by molar-refractivity contribution is 0.0624. The number of carbonyl (C=O) groups excluding carboxylic acids is 1. The number of aromatic nitrogens is 2. The van der Waals surface area contributed by atoms with Crippen molar-refractivity contribution in [3.8, 4) is 5.75 Å². The molecule has 128 valence electrons. The third-order valence-electron chi connectivity index (χ3n) is 4.00. The van der Waals surface area contributed by atoms with Gasteiger partial charge < -0.3 is 9.64 Å². The van der Waals surface area contributed by atoms with Crippen LogP contribution in [0.25, 0.3) is 0 Å². The number of nitrogens with zero attached hydrogens (tertiary/aromatic N) is 4. The van der Waals surface area contributed by atoms with Gasteiger partial charge in [-0.15, -0.1) is 5.10 Å². The van der Waals surface area contributed by atoms with E-state index in [-0.39, 0.29) is 5.91 Å². The monoisotopic (exact) mass is 366 g/mol. The summed E-state index contributed by atoms with van der Waals surface area (Å²) in [5, 5.41) is 4.61. The number of halogens is 1. The molecule has 24 heavy (non-hydrogen) atoms. The van der Waals surface area contributed by atoms with E-state index in [9.17, 15) is 4.79 Å². The van der Waals surface area contributed by atoms with Gasteiger partial charge in [0, 0.05) is 37.7 Å². The smallest absolute Gasteiger partial charge is 0.267 e. The molecule has 0 aliphatic carbocycles. The number of aryl methyl sites for hydroxylation is 1. The number of amides is 1. The average Bonchev–Trinajstić information content (AvgIpc) is 3.03. The predicted molar refractivity (Wildman–Crippen MR) is 93.9 cm³/mol. The van der Waals surface area contributed by atoms with Crippen molar-refractivity contribution in [1.29, 1.82) is 0 Å². The van der Waals surface area contributed by atoms with Gasteiger partial charge in [0.05, 0.1) is 5.69 Å². The first-order valence-corrected chi connectivity index (χ1v) is 8.97. The fourth-order valence-electron chi connectivity index (χ4n) is 2.57. The lowest BCUT2D eigenvalue weighted by Crippen LogP contribution is -2.49. The molecule has 0 bridgehead atoms. The molecule has 0 N–H and O–H groups in total. The van der Waals surface area contributed by atoms with Crippen molar-refractivity contribution in [2.24, 2.45) is 0 Å². The van der Waals surface area contributed by atoms with E-state index in [2.05, 4.69) is 14.5 Å². The van der Waals surface area contributed by atoms with Crippen LogP contribution in [0, 0.1) is 6.92 Å². The Bertz CT molecular complexity index is 684. The molecule has 1 aliphatic heterocycles.